The predicted molar refractivity (Wildman–Crippen MR) is 137 cm³/mol. The summed E-state index contributed by atoms with van der Waals surface area (Å²) in [5.74, 6) is 0.152. The molecule has 1 aliphatic heterocycles. The topological polar surface area (TPSA) is 77.0 Å². The molecule has 8 heteroatoms. The molecule has 2 fully saturated rings. The third kappa shape index (κ3) is 6.07. The van der Waals surface area contributed by atoms with E-state index in [-0.39, 0.29) is 33.7 Å². The third-order valence-electron chi connectivity index (χ3n) is 7.62. The Morgan fingerprint density at radius 1 is 1.06 bits per heavy atom. The average molecular weight is 495 g/mol. The molecule has 1 aromatic carbocycles. The molecule has 0 amide bonds. The van der Waals surface area contributed by atoms with Crippen LogP contribution in [0, 0.1) is 12.8 Å². The Labute approximate surface area is 201 Å². The lowest BCUT2D eigenvalue weighted by Gasteiger charge is -2.49. The molecule has 0 aromatic heterocycles. The van der Waals surface area contributed by atoms with E-state index >= 15 is 0 Å². The Hall–Kier alpha value is -1.22. The zero-order valence-corrected chi connectivity index (χ0v) is 23.4. The van der Waals surface area contributed by atoms with Crippen molar-refractivity contribution in [3.8, 4) is 0 Å². The number of fused-ring (bicyclic) bond motifs is 1. The monoisotopic (exact) mass is 494 g/mol. The fourth-order valence-electron chi connectivity index (χ4n) is 4.63. The first kappa shape index (κ1) is 26.4. The first-order chi connectivity index (χ1) is 15.1. The molecule has 0 bridgehead atoms. The summed E-state index contributed by atoms with van der Waals surface area (Å²) < 4.78 is 38.8. The van der Waals surface area contributed by atoms with Gasteiger partial charge in [-0.15, -0.1) is 0 Å². The SMILES string of the molecule is Cc1ccc(S(=O)(=O)N/N=C2\CCCC3OC(C(C)(C)O[Si](C)(C)C(C)(C)C)CCC23)cc1. The van der Waals surface area contributed by atoms with Crippen LogP contribution < -0.4 is 4.83 Å². The van der Waals surface area contributed by atoms with Gasteiger partial charge in [-0.25, -0.2) is 4.83 Å². The molecule has 3 atom stereocenters. The summed E-state index contributed by atoms with van der Waals surface area (Å²) in [6, 6.07) is 6.81. The fourth-order valence-corrected chi connectivity index (χ4v) is 7.22. The van der Waals surface area contributed by atoms with E-state index in [0.29, 0.717) is 0 Å². The summed E-state index contributed by atoms with van der Waals surface area (Å²) >= 11 is 0. The molecule has 1 saturated carbocycles. The molecule has 1 aromatic rings. The molecule has 0 spiro atoms. The van der Waals surface area contributed by atoms with Crippen LogP contribution in [0.1, 0.15) is 72.3 Å². The van der Waals surface area contributed by atoms with Gasteiger partial charge < -0.3 is 9.16 Å². The first-order valence-corrected chi connectivity index (χ1v) is 16.5. The molecule has 186 valence electrons. The van der Waals surface area contributed by atoms with E-state index in [1.807, 2.05) is 6.92 Å². The predicted octanol–water partition coefficient (Wildman–Crippen LogP) is 5.78. The van der Waals surface area contributed by atoms with Crippen LogP contribution in [0.5, 0.6) is 0 Å². The van der Waals surface area contributed by atoms with Crippen LogP contribution in [-0.4, -0.2) is 40.3 Å². The van der Waals surface area contributed by atoms with E-state index in [9.17, 15) is 8.42 Å². The van der Waals surface area contributed by atoms with Gasteiger partial charge in [0, 0.05) is 11.6 Å². The Balaban J connectivity index is 1.69. The molecule has 1 N–H and O–H groups in total. The number of ether oxygens (including phenoxy) is 1. The molecule has 3 unspecified atom stereocenters. The van der Waals surface area contributed by atoms with Crippen LogP contribution in [0.3, 0.4) is 0 Å². The zero-order chi connectivity index (χ0) is 24.7. The molecular weight excluding hydrogens is 452 g/mol. The van der Waals surface area contributed by atoms with E-state index in [0.717, 1.165) is 43.4 Å². The van der Waals surface area contributed by atoms with Gasteiger partial charge in [0.25, 0.3) is 10.0 Å². The third-order valence-corrected chi connectivity index (χ3v) is 13.5. The molecule has 2 aliphatic rings. The lowest BCUT2D eigenvalue weighted by molar-refractivity contribution is -0.149. The van der Waals surface area contributed by atoms with Gasteiger partial charge in [0.1, 0.15) is 0 Å². The maximum absolute atomic E-state index is 12.7. The molecule has 6 nitrogen and oxygen atoms in total. The van der Waals surface area contributed by atoms with Crippen molar-refractivity contribution in [2.75, 3.05) is 0 Å². The second kappa shape index (κ2) is 9.44. The van der Waals surface area contributed by atoms with Crippen LogP contribution in [-0.2, 0) is 19.2 Å². The van der Waals surface area contributed by atoms with Crippen molar-refractivity contribution < 1.29 is 17.6 Å². The molecule has 1 saturated heterocycles. The Bertz CT molecular complexity index is 965. The maximum Gasteiger partial charge on any atom is 0.276 e. The Kier molecular flexibility index (Phi) is 7.54. The highest BCUT2D eigenvalue weighted by Gasteiger charge is 2.47. The van der Waals surface area contributed by atoms with Crippen LogP contribution in [0.25, 0.3) is 0 Å². The van der Waals surface area contributed by atoms with E-state index in [1.165, 1.54) is 0 Å². The van der Waals surface area contributed by atoms with Gasteiger partial charge in [-0.3, -0.25) is 0 Å². The quantitative estimate of drug-likeness (QED) is 0.402. The number of rotatable bonds is 6. The minimum absolute atomic E-state index is 0.0245. The Morgan fingerprint density at radius 2 is 1.70 bits per heavy atom. The summed E-state index contributed by atoms with van der Waals surface area (Å²) in [4.78, 5) is 2.70. The van der Waals surface area contributed by atoms with Gasteiger partial charge in [0.2, 0.25) is 0 Å². The van der Waals surface area contributed by atoms with E-state index in [2.05, 4.69) is 57.6 Å². The first-order valence-electron chi connectivity index (χ1n) is 12.1. The summed E-state index contributed by atoms with van der Waals surface area (Å²) in [6.45, 7) is 17.6. The number of hydrazone groups is 1. The molecule has 0 radical (unpaired) electrons. The smallest absolute Gasteiger partial charge is 0.276 e. The summed E-state index contributed by atoms with van der Waals surface area (Å²) in [5.41, 5.74) is 1.56. The van der Waals surface area contributed by atoms with Crippen molar-refractivity contribution in [3.05, 3.63) is 29.8 Å². The molecule has 3 rings (SSSR count). The van der Waals surface area contributed by atoms with Crippen LogP contribution >= 0.6 is 0 Å². The summed E-state index contributed by atoms with van der Waals surface area (Å²) in [5, 5.41) is 4.53. The highest BCUT2D eigenvalue weighted by Crippen LogP contribution is 2.43. The standard InChI is InChI=1S/C25H42N2O4SSi/c1-18-12-14-19(15-13-18)32(28,29)27-26-21-10-9-11-22-20(21)16-17-23(30-22)25(5,6)31-33(7,8)24(2,3)4/h12-15,20,22-23,27H,9-11,16-17H2,1-8H3/b26-21+. The van der Waals surface area contributed by atoms with Gasteiger partial charge in [0.05, 0.1) is 22.7 Å². The number of nitrogens with zero attached hydrogens (tertiary/aromatic N) is 1. The van der Waals surface area contributed by atoms with Gasteiger partial charge in [-0.1, -0.05) is 38.5 Å². The van der Waals surface area contributed by atoms with Crippen molar-refractivity contribution >= 4 is 24.1 Å². The highest BCUT2D eigenvalue weighted by molar-refractivity contribution is 7.89. The summed E-state index contributed by atoms with van der Waals surface area (Å²) in [7, 11) is -5.61. The number of nitrogens with one attached hydrogen (secondary N) is 1. The zero-order valence-electron chi connectivity index (χ0n) is 21.6. The van der Waals surface area contributed by atoms with Crippen molar-refractivity contribution in [1.29, 1.82) is 0 Å². The fraction of sp³-hybridized carbons (Fsp3) is 0.720. The number of hydrogen-bond donors (Lipinski definition) is 1. The molecular formula is C25H42N2O4SSi. The maximum atomic E-state index is 12.7. The van der Waals surface area contributed by atoms with Gasteiger partial charge in [-0.2, -0.15) is 13.5 Å². The largest absolute Gasteiger partial charge is 0.409 e. The van der Waals surface area contributed by atoms with Crippen molar-refractivity contribution in [1.82, 2.24) is 4.83 Å². The van der Waals surface area contributed by atoms with Crippen LogP contribution in [0.15, 0.2) is 34.3 Å². The normalized spacial score (nSPS) is 26.2. The number of sulfonamides is 1. The second-order valence-electron chi connectivity index (χ2n) is 11.7. The van der Waals surface area contributed by atoms with Gasteiger partial charge in [0.15, 0.2) is 8.32 Å². The van der Waals surface area contributed by atoms with Crippen molar-refractivity contribution in [2.45, 2.75) is 114 Å². The van der Waals surface area contributed by atoms with Gasteiger partial charge >= 0.3 is 0 Å². The van der Waals surface area contributed by atoms with Crippen molar-refractivity contribution in [3.63, 3.8) is 0 Å². The molecule has 33 heavy (non-hydrogen) atoms. The minimum Gasteiger partial charge on any atom is -0.409 e. The Morgan fingerprint density at radius 3 is 2.30 bits per heavy atom. The van der Waals surface area contributed by atoms with Crippen LogP contribution in [0.4, 0.5) is 0 Å². The van der Waals surface area contributed by atoms with E-state index in [1.54, 1.807) is 24.3 Å². The van der Waals surface area contributed by atoms with Crippen LogP contribution in [0.2, 0.25) is 18.1 Å². The molecule has 1 aliphatic carbocycles. The average Bonchev–Trinajstić information content (AvgIpc) is 2.70. The highest BCUT2D eigenvalue weighted by atomic mass is 32.2. The van der Waals surface area contributed by atoms with Gasteiger partial charge in [-0.05, 0) is 83.1 Å². The number of hydrogen-bond acceptors (Lipinski definition) is 5. The van der Waals surface area contributed by atoms with E-state index < -0.39 is 18.3 Å². The number of aryl methyl sites for hydroxylation is 1. The lowest BCUT2D eigenvalue weighted by atomic mass is 9.77. The van der Waals surface area contributed by atoms with Crippen molar-refractivity contribution in [2.24, 2.45) is 11.0 Å². The lowest BCUT2D eigenvalue weighted by Crippen LogP contribution is -2.56. The van der Waals surface area contributed by atoms with E-state index in [4.69, 9.17) is 9.16 Å². The second-order valence-corrected chi connectivity index (χ2v) is 18.1. The minimum atomic E-state index is -3.68. The summed E-state index contributed by atoms with van der Waals surface area (Å²) in [6.07, 6.45) is 4.62. The number of benzene rings is 1. The molecule has 1 heterocycles.